The molecule has 1 aromatic rings. The first-order valence-electron chi connectivity index (χ1n) is 9.78. The lowest BCUT2D eigenvalue weighted by Crippen LogP contribution is -2.63. The summed E-state index contributed by atoms with van der Waals surface area (Å²) < 4.78 is 11.1. The summed E-state index contributed by atoms with van der Waals surface area (Å²) in [6, 6.07) is 8.04. The highest BCUT2D eigenvalue weighted by Gasteiger charge is 2.39. The second-order valence-electron chi connectivity index (χ2n) is 9.03. The lowest BCUT2D eigenvalue weighted by molar-refractivity contribution is -0.0163. The van der Waals surface area contributed by atoms with Crippen LogP contribution in [0.5, 0.6) is 5.75 Å². The topological polar surface area (TPSA) is 62.8 Å². The first kappa shape index (κ1) is 20.0. The van der Waals surface area contributed by atoms with Gasteiger partial charge in [-0.3, -0.25) is 0 Å². The van der Waals surface area contributed by atoms with Crippen LogP contribution in [0.1, 0.15) is 52.2 Å². The van der Waals surface area contributed by atoms with E-state index in [0.29, 0.717) is 19.7 Å². The number of morpholine rings is 1. The Morgan fingerprint density at radius 1 is 1.19 bits per heavy atom. The van der Waals surface area contributed by atoms with Crippen molar-refractivity contribution >= 4 is 6.03 Å². The average molecular weight is 376 g/mol. The fourth-order valence-electron chi connectivity index (χ4n) is 4.54. The van der Waals surface area contributed by atoms with Crippen molar-refractivity contribution in [1.82, 2.24) is 15.5 Å². The molecule has 0 saturated carbocycles. The van der Waals surface area contributed by atoms with E-state index in [1.54, 1.807) is 7.11 Å². The first-order valence-corrected chi connectivity index (χ1v) is 9.78. The molecule has 2 saturated heterocycles. The van der Waals surface area contributed by atoms with Crippen molar-refractivity contribution in [1.29, 1.82) is 0 Å². The van der Waals surface area contributed by atoms with Crippen LogP contribution in [0.15, 0.2) is 24.3 Å². The number of piperidine rings is 1. The zero-order chi connectivity index (χ0) is 19.7. The van der Waals surface area contributed by atoms with Gasteiger partial charge in [0.2, 0.25) is 0 Å². The predicted molar refractivity (Wildman–Crippen MR) is 106 cm³/mol. The number of urea groups is 1. The molecule has 0 spiro atoms. The summed E-state index contributed by atoms with van der Waals surface area (Å²) in [6.45, 7) is 10.5. The van der Waals surface area contributed by atoms with Crippen molar-refractivity contribution in [3.8, 4) is 5.75 Å². The Morgan fingerprint density at radius 2 is 1.81 bits per heavy atom. The minimum Gasteiger partial charge on any atom is -0.497 e. The van der Waals surface area contributed by atoms with Gasteiger partial charge >= 0.3 is 6.03 Å². The highest BCUT2D eigenvalue weighted by atomic mass is 16.5. The van der Waals surface area contributed by atoms with E-state index in [2.05, 4.69) is 38.3 Å². The monoisotopic (exact) mass is 375 g/mol. The van der Waals surface area contributed by atoms with Crippen LogP contribution in [0.3, 0.4) is 0 Å². The van der Waals surface area contributed by atoms with Crippen molar-refractivity contribution in [2.75, 3.05) is 26.8 Å². The van der Waals surface area contributed by atoms with Gasteiger partial charge in [-0.05, 0) is 58.2 Å². The van der Waals surface area contributed by atoms with Crippen LogP contribution in [0.25, 0.3) is 0 Å². The molecule has 2 heterocycles. The smallest absolute Gasteiger partial charge is 0.317 e. The van der Waals surface area contributed by atoms with E-state index in [0.717, 1.165) is 24.2 Å². The molecule has 1 aromatic carbocycles. The van der Waals surface area contributed by atoms with Gasteiger partial charge in [-0.1, -0.05) is 12.1 Å². The Hall–Kier alpha value is -1.79. The number of rotatable bonds is 3. The molecular weight excluding hydrogens is 342 g/mol. The molecule has 0 bridgehead atoms. The maximum atomic E-state index is 12.9. The molecule has 2 amide bonds. The van der Waals surface area contributed by atoms with E-state index in [4.69, 9.17) is 9.47 Å². The number of hydrogen-bond acceptors (Lipinski definition) is 4. The van der Waals surface area contributed by atoms with E-state index >= 15 is 0 Å². The van der Waals surface area contributed by atoms with Crippen molar-refractivity contribution in [3.05, 3.63) is 29.8 Å². The molecule has 0 aliphatic carbocycles. The molecule has 6 nitrogen and oxygen atoms in total. The van der Waals surface area contributed by atoms with Gasteiger partial charge in [-0.15, -0.1) is 0 Å². The molecule has 0 radical (unpaired) electrons. The Balaban J connectivity index is 1.61. The third kappa shape index (κ3) is 5.14. The number of carbonyl (C=O) groups excluding carboxylic acids is 1. The molecular formula is C21H33N3O3. The fraction of sp³-hybridized carbons (Fsp3) is 0.667. The van der Waals surface area contributed by atoms with Crippen molar-refractivity contribution in [2.24, 2.45) is 0 Å². The van der Waals surface area contributed by atoms with E-state index in [9.17, 15) is 4.79 Å². The quantitative estimate of drug-likeness (QED) is 0.852. The van der Waals surface area contributed by atoms with Crippen molar-refractivity contribution in [2.45, 2.75) is 63.8 Å². The van der Waals surface area contributed by atoms with Crippen molar-refractivity contribution in [3.63, 3.8) is 0 Å². The lowest BCUT2D eigenvalue weighted by Gasteiger charge is -2.47. The summed E-state index contributed by atoms with van der Waals surface area (Å²) in [4.78, 5) is 14.8. The van der Waals surface area contributed by atoms with Crippen LogP contribution in [0.4, 0.5) is 4.79 Å². The molecule has 1 atom stereocenters. The highest BCUT2D eigenvalue weighted by Crippen LogP contribution is 2.29. The molecule has 1 unspecified atom stereocenters. The summed E-state index contributed by atoms with van der Waals surface area (Å²) in [5, 5.41) is 6.92. The van der Waals surface area contributed by atoms with Gasteiger partial charge in [0.15, 0.2) is 0 Å². The number of hydrogen-bond donors (Lipinski definition) is 2. The minimum absolute atomic E-state index is 0.00955. The molecule has 2 N–H and O–H groups in total. The standard InChI is InChI=1S/C21H33N3O3/c1-20(2)12-16(13-21(3,4)23-20)22-19(25)24-10-11-27-18(14-24)15-6-8-17(26-5)9-7-15/h6-9,16,18,23H,10-14H2,1-5H3,(H,22,25). The van der Waals surface area contributed by atoms with Gasteiger partial charge in [-0.2, -0.15) is 0 Å². The molecule has 2 aliphatic heterocycles. The molecule has 2 fully saturated rings. The molecule has 2 aliphatic rings. The van der Waals surface area contributed by atoms with Crippen LogP contribution in [-0.4, -0.2) is 54.9 Å². The average Bonchev–Trinajstić information content (AvgIpc) is 2.59. The van der Waals surface area contributed by atoms with Gasteiger partial charge in [0.25, 0.3) is 0 Å². The number of amides is 2. The van der Waals surface area contributed by atoms with Gasteiger partial charge in [0.1, 0.15) is 11.9 Å². The second-order valence-corrected chi connectivity index (χ2v) is 9.03. The first-order chi connectivity index (χ1) is 12.7. The fourth-order valence-corrected chi connectivity index (χ4v) is 4.54. The van der Waals surface area contributed by atoms with Crippen LogP contribution in [0, 0.1) is 0 Å². The van der Waals surface area contributed by atoms with Gasteiger partial charge in [0.05, 0.1) is 20.3 Å². The number of carbonyl (C=O) groups is 1. The lowest BCUT2D eigenvalue weighted by atomic mass is 9.79. The van der Waals surface area contributed by atoms with Crippen LogP contribution < -0.4 is 15.4 Å². The number of nitrogens with zero attached hydrogens (tertiary/aromatic N) is 1. The van der Waals surface area contributed by atoms with Crippen molar-refractivity contribution < 1.29 is 14.3 Å². The SMILES string of the molecule is COc1ccc(C2CN(C(=O)NC3CC(C)(C)NC(C)(C)C3)CCO2)cc1. The third-order valence-corrected chi connectivity index (χ3v) is 5.36. The summed E-state index contributed by atoms with van der Waals surface area (Å²) in [6.07, 6.45) is 1.75. The molecule has 150 valence electrons. The van der Waals surface area contributed by atoms with E-state index in [1.165, 1.54) is 0 Å². The van der Waals surface area contributed by atoms with Gasteiger partial charge < -0.3 is 25.0 Å². The maximum Gasteiger partial charge on any atom is 0.317 e. The zero-order valence-electron chi connectivity index (χ0n) is 17.2. The van der Waals surface area contributed by atoms with Crippen LogP contribution in [0.2, 0.25) is 0 Å². The number of methoxy groups -OCH3 is 1. The summed E-state index contributed by atoms with van der Waals surface area (Å²) >= 11 is 0. The minimum atomic E-state index is -0.101. The highest BCUT2D eigenvalue weighted by molar-refractivity contribution is 5.74. The number of benzene rings is 1. The Morgan fingerprint density at radius 3 is 2.41 bits per heavy atom. The predicted octanol–water partition coefficient (Wildman–Crippen LogP) is 3.09. The normalized spacial score (nSPS) is 25.1. The number of ether oxygens (including phenoxy) is 2. The molecule has 6 heteroatoms. The van der Waals surface area contributed by atoms with Crippen LogP contribution in [-0.2, 0) is 4.74 Å². The third-order valence-electron chi connectivity index (χ3n) is 5.36. The van der Waals surface area contributed by atoms with Gasteiger partial charge in [-0.25, -0.2) is 4.79 Å². The zero-order valence-corrected chi connectivity index (χ0v) is 17.2. The Kier molecular flexibility index (Phi) is 5.68. The number of nitrogens with one attached hydrogen (secondary N) is 2. The Bertz CT molecular complexity index is 641. The molecule has 27 heavy (non-hydrogen) atoms. The van der Waals surface area contributed by atoms with E-state index in [-0.39, 0.29) is 29.3 Å². The van der Waals surface area contributed by atoms with Gasteiger partial charge in [0, 0.05) is 23.7 Å². The summed E-state index contributed by atoms with van der Waals surface area (Å²) in [7, 11) is 1.65. The summed E-state index contributed by atoms with van der Waals surface area (Å²) in [5.74, 6) is 0.820. The molecule has 0 aromatic heterocycles. The van der Waals surface area contributed by atoms with Crippen LogP contribution >= 0.6 is 0 Å². The van der Waals surface area contributed by atoms with E-state index < -0.39 is 0 Å². The van der Waals surface area contributed by atoms with E-state index in [1.807, 2.05) is 29.2 Å². The second kappa shape index (κ2) is 7.68. The maximum absolute atomic E-state index is 12.9. The Labute approximate surface area is 162 Å². The summed E-state index contributed by atoms with van der Waals surface area (Å²) in [5.41, 5.74) is 1.09. The molecule has 3 rings (SSSR count). The largest absolute Gasteiger partial charge is 0.497 e.